The molecule has 0 aromatic rings. The van der Waals surface area contributed by atoms with E-state index in [-0.39, 0.29) is 5.92 Å². The summed E-state index contributed by atoms with van der Waals surface area (Å²) in [5.41, 5.74) is -1.24. The summed E-state index contributed by atoms with van der Waals surface area (Å²) in [5.74, 6) is -1.71. The van der Waals surface area contributed by atoms with Gasteiger partial charge in [0.1, 0.15) is 0 Å². The van der Waals surface area contributed by atoms with Gasteiger partial charge in [0.25, 0.3) is 0 Å². The van der Waals surface area contributed by atoms with Gasteiger partial charge in [-0.1, -0.05) is 27.2 Å². The van der Waals surface area contributed by atoms with E-state index in [1.807, 2.05) is 0 Å². The molecular formula is C16H28O4. The monoisotopic (exact) mass is 284 g/mol. The van der Waals surface area contributed by atoms with Crippen molar-refractivity contribution < 1.29 is 19.8 Å². The highest BCUT2D eigenvalue weighted by Gasteiger charge is 2.49. The van der Waals surface area contributed by atoms with Gasteiger partial charge in [0.15, 0.2) is 0 Å². The average molecular weight is 284 g/mol. The predicted octanol–water partition coefficient (Wildman–Crippen LogP) is 3.51. The molecule has 4 atom stereocenters. The van der Waals surface area contributed by atoms with E-state index >= 15 is 0 Å². The molecule has 116 valence electrons. The van der Waals surface area contributed by atoms with Crippen LogP contribution in [-0.4, -0.2) is 22.2 Å². The van der Waals surface area contributed by atoms with Gasteiger partial charge in [-0.05, 0) is 50.4 Å². The third-order valence-corrected chi connectivity index (χ3v) is 5.10. The molecule has 4 nitrogen and oxygen atoms in total. The third-order valence-electron chi connectivity index (χ3n) is 5.10. The first-order chi connectivity index (χ1) is 9.09. The number of rotatable bonds is 5. The second-order valence-corrected chi connectivity index (χ2v) is 7.33. The number of hydrogen-bond donors (Lipinski definition) is 2. The van der Waals surface area contributed by atoms with Crippen LogP contribution in [0.1, 0.15) is 53.9 Å². The second kappa shape index (κ2) is 6.15. The van der Waals surface area contributed by atoms with Crippen LogP contribution in [0.4, 0.5) is 0 Å². The Labute approximate surface area is 121 Å². The SMILES string of the molecule is CC1CCC(C(C)C)C(C(C(=O)O)C(C)(C)C(=O)O)C1. The molecule has 4 heteroatoms. The van der Waals surface area contributed by atoms with E-state index < -0.39 is 23.3 Å². The Bertz CT molecular complexity index is 373. The van der Waals surface area contributed by atoms with Crippen molar-refractivity contribution in [3.63, 3.8) is 0 Å². The summed E-state index contributed by atoms with van der Waals surface area (Å²) in [4.78, 5) is 23.3. The van der Waals surface area contributed by atoms with Crippen molar-refractivity contribution in [1.29, 1.82) is 0 Å². The van der Waals surface area contributed by atoms with Crippen molar-refractivity contribution in [2.75, 3.05) is 0 Å². The van der Waals surface area contributed by atoms with E-state index in [2.05, 4.69) is 20.8 Å². The smallest absolute Gasteiger partial charge is 0.309 e. The zero-order valence-electron chi connectivity index (χ0n) is 13.2. The maximum absolute atomic E-state index is 11.8. The molecule has 0 aromatic carbocycles. The van der Waals surface area contributed by atoms with Gasteiger partial charge in [-0.15, -0.1) is 0 Å². The van der Waals surface area contributed by atoms with E-state index in [0.717, 1.165) is 19.3 Å². The zero-order chi connectivity index (χ0) is 15.7. The first-order valence-corrected chi connectivity index (χ1v) is 7.55. The van der Waals surface area contributed by atoms with Crippen molar-refractivity contribution in [2.45, 2.75) is 53.9 Å². The lowest BCUT2D eigenvalue weighted by Crippen LogP contribution is -2.47. The van der Waals surface area contributed by atoms with Crippen molar-refractivity contribution in [2.24, 2.45) is 35.0 Å². The van der Waals surface area contributed by atoms with Crippen LogP contribution >= 0.6 is 0 Å². The van der Waals surface area contributed by atoms with Crippen LogP contribution < -0.4 is 0 Å². The molecule has 0 radical (unpaired) electrons. The van der Waals surface area contributed by atoms with Crippen LogP contribution in [0.15, 0.2) is 0 Å². The average Bonchev–Trinajstić information content (AvgIpc) is 2.27. The van der Waals surface area contributed by atoms with Crippen molar-refractivity contribution in [1.82, 2.24) is 0 Å². The third kappa shape index (κ3) is 3.33. The Morgan fingerprint density at radius 3 is 2.05 bits per heavy atom. The summed E-state index contributed by atoms with van der Waals surface area (Å²) in [6.07, 6.45) is 2.93. The molecule has 1 aliphatic rings. The lowest BCUT2D eigenvalue weighted by molar-refractivity contribution is -0.166. The molecule has 0 saturated heterocycles. The lowest BCUT2D eigenvalue weighted by atomic mass is 9.59. The fourth-order valence-electron chi connectivity index (χ4n) is 3.82. The van der Waals surface area contributed by atoms with Crippen LogP contribution in [-0.2, 0) is 9.59 Å². The van der Waals surface area contributed by atoms with Gasteiger partial charge < -0.3 is 10.2 Å². The van der Waals surface area contributed by atoms with Gasteiger partial charge in [-0.3, -0.25) is 9.59 Å². The van der Waals surface area contributed by atoms with Crippen molar-refractivity contribution >= 4 is 11.9 Å². The van der Waals surface area contributed by atoms with Crippen LogP contribution in [0.25, 0.3) is 0 Å². The molecule has 0 aromatic heterocycles. The maximum atomic E-state index is 11.8. The number of carboxylic acid groups (broad SMARTS) is 2. The normalized spacial score (nSPS) is 29.2. The highest BCUT2D eigenvalue weighted by Crippen LogP contribution is 2.47. The highest BCUT2D eigenvalue weighted by molar-refractivity contribution is 5.83. The van der Waals surface area contributed by atoms with Gasteiger partial charge in [-0.25, -0.2) is 0 Å². The summed E-state index contributed by atoms with van der Waals surface area (Å²) in [7, 11) is 0. The van der Waals surface area contributed by atoms with Gasteiger partial charge in [0, 0.05) is 0 Å². The summed E-state index contributed by atoms with van der Waals surface area (Å²) >= 11 is 0. The molecule has 20 heavy (non-hydrogen) atoms. The van der Waals surface area contributed by atoms with E-state index in [0.29, 0.717) is 17.8 Å². The molecule has 0 amide bonds. The van der Waals surface area contributed by atoms with Crippen LogP contribution in [0, 0.1) is 35.0 Å². The molecule has 4 unspecified atom stereocenters. The molecule has 0 aliphatic heterocycles. The zero-order valence-corrected chi connectivity index (χ0v) is 13.2. The molecule has 1 fully saturated rings. The number of carbonyl (C=O) groups is 2. The minimum absolute atomic E-state index is 0.0534. The lowest BCUT2D eigenvalue weighted by Gasteiger charge is -2.44. The standard InChI is InChI=1S/C16H28O4/c1-9(2)11-7-6-10(3)8-12(11)13(14(17)18)16(4,5)15(19)20/h9-13H,6-8H2,1-5H3,(H,17,18)(H,19,20). The van der Waals surface area contributed by atoms with Crippen molar-refractivity contribution in [3.05, 3.63) is 0 Å². The Kier molecular flexibility index (Phi) is 5.22. The van der Waals surface area contributed by atoms with Crippen LogP contribution in [0.5, 0.6) is 0 Å². The van der Waals surface area contributed by atoms with Gasteiger partial charge >= 0.3 is 11.9 Å². The molecule has 0 spiro atoms. The fraction of sp³-hybridized carbons (Fsp3) is 0.875. The van der Waals surface area contributed by atoms with E-state index in [9.17, 15) is 19.8 Å². The fourth-order valence-corrected chi connectivity index (χ4v) is 3.82. The largest absolute Gasteiger partial charge is 0.481 e. The number of aliphatic carboxylic acids is 2. The quantitative estimate of drug-likeness (QED) is 0.810. The summed E-state index contributed by atoms with van der Waals surface area (Å²) in [6, 6.07) is 0. The molecule has 2 N–H and O–H groups in total. The molecular weight excluding hydrogens is 256 g/mol. The molecule has 1 aliphatic carbocycles. The minimum Gasteiger partial charge on any atom is -0.481 e. The van der Waals surface area contributed by atoms with Gasteiger partial charge in [0.2, 0.25) is 0 Å². The Morgan fingerprint density at radius 1 is 1.10 bits per heavy atom. The topological polar surface area (TPSA) is 74.6 Å². The maximum Gasteiger partial charge on any atom is 0.309 e. The Balaban J connectivity index is 3.16. The first-order valence-electron chi connectivity index (χ1n) is 7.55. The molecule has 1 saturated carbocycles. The summed E-state index contributed by atoms with van der Waals surface area (Å²) < 4.78 is 0. The summed E-state index contributed by atoms with van der Waals surface area (Å²) in [6.45, 7) is 9.45. The second-order valence-electron chi connectivity index (χ2n) is 7.33. The molecule has 0 bridgehead atoms. The van der Waals surface area contributed by atoms with E-state index in [4.69, 9.17) is 0 Å². The summed E-state index contributed by atoms with van der Waals surface area (Å²) in [5, 5.41) is 19.1. The molecule has 0 heterocycles. The van der Waals surface area contributed by atoms with Crippen molar-refractivity contribution in [3.8, 4) is 0 Å². The number of carboxylic acids is 2. The highest BCUT2D eigenvalue weighted by atomic mass is 16.4. The predicted molar refractivity (Wildman–Crippen MR) is 77.4 cm³/mol. The first kappa shape index (κ1) is 17.0. The Morgan fingerprint density at radius 2 is 1.65 bits per heavy atom. The van der Waals surface area contributed by atoms with Gasteiger partial charge in [0.05, 0.1) is 11.3 Å². The van der Waals surface area contributed by atoms with Crippen LogP contribution in [0.2, 0.25) is 0 Å². The Hall–Kier alpha value is -1.06. The minimum atomic E-state index is -1.24. The number of hydrogen-bond acceptors (Lipinski definition) is 2. The van der Waals surface area contributed by atoms with E-state index in [1.54, 1.807) is 13.8 Å². The van der Waals surface area contributed by atoms with Crippen LogP contribution in [0.3, 0.4) is 0 Å². The van der Waals surface area contributed by atoms with E-state index in [1.165, 1.54) is 0 Å². The van der Waals surface area contributed by atoms with Gasteiger partial charge in [-0.2, -0.15) is 0 Å². The molecule has 1 rings (SSSR count).